The second-order valence-electron chi connectivity index (χ2n) is 5.32. The SMILES string of the molecule is CC.CCC.CCO.CO.COC(=O)NCC(=O)N1CCC[C@@H](C)[C@H]1C. The number of nitrogens with one attached hydrogen (secondary N) is 1. The van der Waals surface area contributed by atoms with Gasteiger partial charge in [0.25, 0.3) is 0 Å². The van der Waals surface area contributed by atoms with Crippen molar-refractivity contribution in [2.24, 2.45) is 5.92 Å². The first kappa shape index (κ1) is 32.3. The fourth-order valence-electron chi connectivity index (χ4n) is 2.01. The van der Waals surface area contributed by atoms with Crippen LogP contribution in [-0.2, 0) is 9.53 Å². The van der Waals surface area contributed by atoms with Crippen molar-refractivity contribution in [3.05, 3.63) is 0 Å². The van der Waals surface area contributed by atoms with Gasteiger partial charge in [-0.2, -0.15) is 0 Å². The summed E-state index contributed by atoms with van der Waals surface area (Å²) in [4.78, 5) is 24.5. The zero-order valence-electron chi connectivity index (χ0n) is 18.5. The van der Waals surface area contributed by atoms with Crippen LogP contribution in [0.3, 0.4) is 0 Å². The Hall–Kier alpha value is -1.34. The number of piperidine rings is 1. The lowest BCUT2D eigenvalue weighted by atomic mass is 9.92. The van der Waals surface area contributed by atoms with Crippen molar-refractivity contribution in [1.29, 1.82) is 0 Å². The predicted molar refractivity (Wildman–Crippen MR) is 108 cm³/mol. The molecule has 0 spiro atoms. The third-order valence-electron chi connectivity index (χ3n) is 3.26. The second-order valence-corrected chi connectivity index (χ2v) is 5.32. The Balaban J connectivity index is -0.000000204. The molecule has 2 amide bonds. The van der Waals surface area contributed by atoms with Crippen molar-refractivity contribution in [3.63, 3.8) is 0 Å². The molecule has 7 heteroatoms. The molecule has 0 aromatic rings. The maximum absolute atomic E-state index is 11.8. The lowest BCUT2D eigenvalue weighted by Crippen LogP contribution is -2.49. The number of nitrogens with zero attached hydrogens (tertiary/aromatic N) is 1. The van der Waals surface area contributed by atoms with Crippen LogP contribution in [0.15, 0.2) is 0 Å². The second kappa shape index (κ2) is 25.9. The number of methoxy groups -OCH3 is 1. The van der Waals surface area contributed by atoms with Gasteiger partial charge in [-0.25, -0.2) is 4.79 Å². The number of likely N-dealkylation sites (tertiary alicyclic amines) is 1. The first-order valence-corrected chi connectivity index (χ1v) is 9.56. The number of aliphatic hydroxyl groups is 2. The normalized spacial score (nSPS) is 17.3. The molecule has 0 aromatic heterocycles. The number of alkyl carbamates (subject to hydrolysis) is 1. The Kier molecular flexibility index (Phi) is 32.2. The van der Waals surface area contributed by atoms with Crippen LogP contribution >= 0.6 is 0 Å². The van der Waals surface area contributed by atoms with Gasteiger partial charge in [-0.15, -0.1) is 0 Å². The van der Waals surface area contributed by atoms with E-state index in [0.717, 1.165) is 26.5 Å². The van der Waals surface area contributed by atoms with E-state index in [1.807, 2.05) is 18.7 Å². The van der Waals surface area contributed by atoms with E-state index in [1.54, 1.807) is 6.92 Å². The molecule has 26 heavy (non-hydrogen) atoms. The number of carbonyl (C=O) groups excluding carboxylic acids is 2. The van der Waals surface area contributed by atoms with Gasteiger partial charge in [-0.05, 0) is 32.6 Å². The van der Waals surface area contributed by atoms with Gasteiger partial charge < -0.3 is 25.2 Å². The third kappa shape index (κ3) is 19.0. The number of aliphatic hydroxyl groups excluding tert-OH is 2. The summed E-state index contributed by atoms with van der Waals surface area (Å²) >= 11 is 0. The van der Waals surface area contributed by atoms with Crippen molar-refractivity contribution in [1.82, 2.24) is 10.2 Å². The van der Waals surface area contributed by atoms with Crippen molar-refractivity contribution >= 4 is 12.0 Å². The molecule has 1 aliphatic heterocycles. The van der Waals surface area contributed by atoms with E-state index in [9.17, 15) is 9.59 Å². The summed E-state index contributed by atoms with van der Waals surface area (Å²) in [5, 5.41) is 17.0. The van der Waals surface area contributed by atoms with Gasteiger partial charge in [0, 0.05) is 26.3 Å². The Morgan fingerprint density at radius 1 is 1.15 bits per heavy atom. The maximum atomic E-state index is 11.8. The molecule has 2 atom stereocenters. The lowest BCUT2D eigenvalue weighted by Gasteiger charge is -2.37. The first-order valence-electron chi connectivity index (χ1n) is 9.56. The molecule has 0 aromatic carbocycles. The molecule has 3 N–H and O–H groups in total. The highest BCUT2D eigenvalue weighted by molar-refractivity contribution is 5.82. The summed E-state index contributed by atoms with van der Waals surface area (Å²) in [7, 11) is 2.28. The van der Waals surface area contributed by atoms with Gasteiger partial charge in [-0.1, -0.05) is 41.0 Å². The van der Waals surface area contributed by atoms with E-state index in [-0.39, 0.29) is 25.1 Å². The average Bonchev–Trinajstić information content (AvgIpc) is 2.66. The van der Waals surface area contributed by atoms with Gasteiger partial charge in [0.15, 0.2) is 0 Å². The van der Waals surface area contributed by atoms with Crippen molar-refractivity contribution < 1.29 is 24.5 Å². The number of rotatable bonds is 2. The molecule has 7 nitrogen and oxygen atoms in total. The topological polar surface area (TPSA) is 99.1 Å². The Labute approximate surface area is 161 Å². The molecule has 160 valence electrons. The molecule has 1 saturated heterocycles. The Morgan fingerprint density at radius 3 is 1.96 bits per heavy atom. The summed E-state index contributed by atoms with van der Waals surface area (Å²) in [6.07, 6.45) is 2.89. The minimum absolute atomic E-state index is 0.0176. The van der Waals surface area contributed by atoms with Crippen LogP contribution in [0.2, 0.25) is 0 Å². The number of carbonyl (C=O) groups is 2. The minimum atomic E-state index is -0.564. The summed E-state index contributed by atoms with van der Waals surface area (Å²) in [6, 6.07) is 0.251. The summed E-state index contributed by atoms with van der Waals surface area (Å²) in [5.41, 5.74) is 0. The Bertz CT molecular complexity index is 300. The zero-order valence-corrected chi connectivity index (χ0v) is 18.5. The van der Waals surface area contributed by atoms with E-state index < -0.39 is 6.09 Å². The van der Waals surface area contributed by atoms with Crippen molar-refractivity contribution in [2.75, 3.05) is 33.9 Å². The number of hydrogen-bond donors (Lipinski definition) is 3. The van der Waals surface area contributed by atoms with E-state index in [1.165, 1.54) is 13.5 Å². The summed E-state index contributed by atoms with van der Waals surface area (Å²) in [5.74, 6) is 0.486. The highest BCUT2D eigenvalue weighted by atomic mass is 16.5. The monoisotopic (exact) mass is 380 g/mol. The molecule has 0 aliphatic carbocycles. The lowest BCUT2D eigenvalue weighted by molar-refractivity contribution is -0.134. The molecule has 1 heterocycles. The fourth-order valence-corrected chi connectivity index (χ4v) is 2.01. The van der Waals surface area contributed by atoms with Crippen LogP contribution in [0.4, 0.5) is 4.79 Å². The molecule has 0 saturated carbocycles. The molecule has 1 fully saturated rings. The zero-order chi connectivity index (χ0) is 21.5. The minimum Gasteiger partial charge on any atom is -0.453 e. The number of hydrogen-bond acceptors (Lipinski definition) is 5. The van der Waals surface area contributed by atoms with E-state index in [4.69, 9.17) is 10.2 Å². The molecule has 0 radical (unpaired) electrons. The van der Waals surface area contributed by atoms with Crippen molar-refractivity contribution in [2.45, 2.75) is 73.8 Å². The van der Waals surface area contributed by atoms with E-state index >= 15 is 0 Å². The van der Waals surface area contributed by atoms with Crippen LogP contribution in [0, 0.1) is 5.92 Å². The van der Waals surface area contributed by atoms with E-state index in [2.05, 4.69) is 37.7 Å². The predicted octanol–water partition coefficient (Wildman–Crippen LogP) is 3.04. The molecule has 0 unspecified atom stereocenters. The van der Waals surface area contributed by atoms with Gasteiger partial charge in [-0.3, -0.25) is 4.79 Å². The Morgan fingerprint density at radius 2 is 1.58 bits per heavy atom. The number of amides is 2. The highest BCUT2D eigenvalue weighted by Gasteiger charge is 2.28. The average molecular weight is 381 g/mol. The van der Waals surface area contributed by atoms with Gasteiger partial charge in [0.05, 0.1) is 7.11 Å². The van der Waals surface area contributed by atoms with Crippen LogP contribution in [0.25, 0.3) is 0 Å². The summed E-state index contributed by atoms with van der Waals surface area (Å²) < 4.78 is 4.42. The van der Waals surface area contributed by atoms with Crippen molar-refractivity contribution in [3.8, 4) is 0 Å². The maximum Gasteiger partial charge on any atom is 0.407 e. The smallest absolute Gasteiger partial charge is 0.407 e. The largest absolute Gasteiger partial charge is 0.453 e. The highest BCUT2D eigenvalue weighted by Crippen LogP contribution is 2.22. The van der Waals surface area contributed by atoms with Crippen LogP contribution < -0.4 is 5.32 Å². The molecule has 1 rings (SSSR count). The quantitative estimate of drug-likeness (QED) is 0.684. The van der Waals surface area contributed by atoms with Crippen LogP contribution in [0.1, 0.15) is 67.7 Å². The fraction of sp³-hybridized carbons (Fsp3) is 0.895. The van der Waals surface area contributed by atoms with Gasteiger partial charge >= 0.3 is 6.09 Å². The number of ether oxygens (including phenoxy) is 1. The molecular weight excluding hydrogens is 336 g/mol. The van der Waals surface area contributed by atoms with Crippen LogP contribution in [-0.4, -0.2) is 67.1 Å². The third-order valence-corrected chi connectivity index (χ3v) is 3.26. The van der Waals surface area contributed by atoms with Crippen LogP contribution in [0.5, 0.6) is 0 Å². The standard InChI is InChI=1S/C11H20N2O3.C3H8.C2H6O.C2H6.CH4O/c1-8-5-4-6-13(9(8)2)10(14)7-12-11(15)16-3;1-3-2;1-2-3;2*1-2/h8-9H,4-7H2,1-3H3,(H,12,15);3H2,1-2H3;3H,2H2,1H3;1-2H3;2H,1H3/t8-,9-;;;;/m1..../s1. The molecule has 0 bridgehead atoms. The molecule has 1 aliphatic rings. The van der Waals surface area contributed by atoms with Gasteiger partial charge in [0.1, 0.15) is 6.54 Å². The van der Waals surface area contributed by atoms with E-state index in [0.29, 0.717) is 5.92 Å². The summed E-state index contributed by atoms with van der Waals surface area (Å²) in [6.45, 7) is 15.2. The first-order chi connectivity index (χ1) is 12.4. The van der Waals surface area contributed by atoms with Gasteiger partial charge in [0.2, 0.25) is 5.91 Å². The molecular formula is C19H44N2O5.